The quantitative estimate of drug-likeness (QED) is 0.926. The normalized spacial score (nSPS) is 10.4. The molecule has 0 saturated carbocycles. The smallest absolute Gasteiger partial charge is 0.342 e. The highest BCUT2D eigenvalue weighted by molar-refractivity contribution is 7.13. The third-order valence-corrected chi connectivity index (χ3v) is 3.35. The molecule has 4 nitrogen and oxygen atoms in total. The lowest BCUT2D eigenvalue weighted by atomic mass is 10.2. The van der Waals surface area contributed by atoms with Crippen LogP contribution in [0.3, 0.4) is 0 Å². The summed E-state index contributed by atoms with van der Waals surface area (Å²) >= 11 is 1.29. The number of thiazole rings is 1. The largest absolute Gasteiger partial charge is 0.477 e. The molecule has 18 heavy (non-hydrogen) atoms. The van der Waals surface area contributed by atoms with E-state index in [1.165, 1.54) is 23.5 Å². The van der Waals surface area contributed by atoms with E-state index in [0.717, 1.165) is 16.6 Å². The molecular formula is C12H10FNO3S. The number of benzene rings is 1. The van der Waals surface area contributed by atoms with Gasteiger partial charge in [-0.05, 0) is 26.0 Å². The van der Waals surface area contributed by atoms with Gasteiger partial charge in [-0.1, -0.05) is 17.4 Å². The molecule has 0 aliphatic heterocycles. The molecule has 94 valence electrons. The van der Waals surface area contributed by atoms with Gasteiger partial charge in [-0.15, -0.1) is 0 Å². The summed E-state index contributed by atoms with van der Waals surface area (Å²) in [4.78, 5) is 16.1. The van der Waals surface area contributed by atoms with Crippen molar-refractivity contribution in [3.05, 3.63) is 40.2 Å². The molecule has 0 spiro atoms. The number of rotatable bonds is 3. The standard InChI is InChI=1S/C12H10FNO3S/c1-6-7(2)18-12(14-6)17-9-5-3-4-8(13)10(9)11(15)16/h3-5H,1-2H3,(H,15,16). The maximum atomic E-state index is 13.4. The first kappa shape index (κ1) is 12.5. The van der Waals surface area contributed by atoms with Crippen molar-refractivity contribution in [3.8, 4) is 10.9 Å². The fourth-order valence-corrected chi connectivity index (χ4v) is 2.15. The topological polar surface area (TPSA) is 59.4 Å². The van der Waals surface area contributed by atoms with E-state index in [1.54, 1.807) is 0 Å². The molecule has 0 unspecified atom stereocenters. The minimum atomic E-state index is -1.37. The van der Waals surface area contributed by atoms with Crippen molar-refractivity contribution in [1.29, 1.82) is 0 Å². The maximum Gasteiger partial charge on any atom is 0.342 e. The average Bonchev–Trinajstić information content (AvgIpc) is 2.57. The number of hydrogen-bond donors (Lipinski definition) is 1. The third kappa shape index (κ3) is 2.33. The van der Waals surface area contributed by atoms with Crippen LogP contribution in [0.2, 0.25) is 0 Å². The third-order valence-electron chi connectivity index (χ3n) is 2.40. The molecule has 0 saturated heterocycles. The second-order valence-electron chi connectivity index (χ2n) is 3.64. The van der Waals surface area contributed by atoms with Crippen LogP contribution in [-0.2, 0) is 0 Å². The van der Waals surface area contributed by atoms with E-state index >= 15 is 0 Å². The van der Waals surface area contributed by atoms with Gasteiger partial charge in [0.05, 0.1) is 5.69 Å². The second kappa shape index (κ2) is 4.73. The summed E-state index contributed by atoms with van der Waals surface area (Å²) < 4.78 is 18.8. The molecule has 0 fully saturated rings. The Morgan fingerprint density at radius 1 is 1.44 bits per heavy atom. The lowest BCUT2D eigenvalue weighted by Crippen LogP contribution is -2.03. The van der Waals surface area contributed by atoms with E-state index in [0.29, 0.717) is 5.19 Å². The van der Waals surface area contributed by atoms with E-state index in [-0.39, 0.29) is 5.75 Å². The van der Waals surface area contributed by atoms with E-state index in [9.17, 15) is 9.18 Å². The molecule has 0 bridgehead atoms. The van der Waals surface area contributed by atoms with Crippen LogP contribution >= 0.6 is 11.3 Å². The Kier molecular flexibility index (Phi) is 3.29. The molecular weight excluding hydrogens is 257 g/mol. The number of halogens is 1. The Balaban J connectivity index is 2.40. The Bertz CT molecular complexity index is 590. The van der Waals surface area contributed by atoms with Crippen LogP contribution in [0.4, 0.5) is 4.39 Å². The number of aromatic nitrogens is 1. The maximum absolute atomic E-state index is 13.4. The highest BCUT2D eigenvalue weighted by atomic mass is 32.1. The van der Waals surface area contributed by atoms with Gasteiger partial charge in [0.1, 0.15) is 17.1 Å². The van der Waals surface area contributed by atoms with E-state index in [1.807, 2.05) is 13.8 Å². The molecule has 6 heteroatoms. The van der Waals surface area contributed by atoms with Crippen molar-refractivity contribution in [2.75, 3.05) is 0 Å². The Morgan fingerprint density at radius 3 is 2.72 bits per heavy atom. The predicted octanol–water partition coefficient (Wildman–Crippen LogP) is 3.39. The number of nitrogens with zero attached hydrogens (tertiary/aromatic N) is 1. The number of aromatic carboxylic acids is 1. The summed E-state index contributed by atoms with van der Waals surface area (Å²) in [5.74, 6) is -2.24. The summed E-state index contributed by atoms with van der Waals surface area (Å²) in [7, 11) is 0. The van der Waals surface area contributed by atoms with Crippen LogP contribution in [-0.4, -0.2) is 16.1 Å². The fraction of sp³-hybridized carbons (Fsp3) is 0.167. The summed E-state index contributed by atoms with van der Waals surface area (Å²) in [6, 6.07) is 3.87. The zero-order chi connectivity index (χ0) is 13.3. The highest BCUT2D eigenvalue weighted by Gasteiger charge is 2.18. The summed E-state index contributed by atoms with van der Waals surface area (Å²) in [5.41, 5.74) is 0.325. The number of aryl methyl sites for hydroxylation is 2. The molecule has 0 amide bonds. The van der Waals surface area contributed by atoms with Gasteiger partial charge in [-0.25, -0.2) is 14.2 Å². The van der Waals surface area contributed by atoms with Crippen molar-refractivity contribution in [3.63, 3.8) is 0 Å². The van der Waals surface area contributed by atoms with Crippen LogP contribution in [0, 0.1) is 19.7 Å². The van der Waals surface area contributed by atoms with Gasteiger partial charge in [0.2, 0.25) is 0 Å². The van der Waals surface area contributed by atoms with Crippen molar-refractivity contribution in [2.24, 2.45) is 0 Å². The Morgan fingerprint density at radius 2 is 2.17 bits per heavy atom. The fourth-order valence-electron chi connectivity index (χ4n) is 1.38. The van der Waals surface area contributed by atoms with E-state index in [4.69, 9.17) is 9.84 Å². The van der Waals surface area contributed by atoms with Crippen LogP contribution in [0.15, 0.2) is 18.2 Å². The van der Waals surface area contributed by atoms with Gasteiger partial charge in [-0.3, -0.25) is 0 Å². The predicted molar refractivity (Wildman–Crippen MR) is 65.0 cm³/mol. The first-order valence-electron chi connectivity index (χ1n) is 5.12. The molecule has 1 aromatic heterocycles. The van der Waals surface area contributed by atoms with Crippen molar-refractivity contribution in [2.45, 2.75) is 13.8 Å². The molecule has 0 radical (unpaired) electrons. The lowest BCUT2D eigenvalue weighted by Gasteiger charge is -2.06. The number of carboxylic acid groups (broad SMARTS) is 1. The van der Waals surface area contributed by atoms with Crippen molar-refractivity contribution in [1.82, 2.24) is 4.98 Å². The molecule has 1 aromatic carbocycles. The minimum Gasteiger partial charge on any atom is -0.477 e. The summed E-state index contributed by atoms with van der Waals surface area (Å²) in [6.07, 6.45) is 0. The Hall–Kier alpha value is -1.95. The van der Waals surface area contributed by atoms with Crippen LogP contribution in [0.1, 0.15) is 20.9 Å². The van der Waals surface area contributed by atoms with Crippen LogP contribution in [0.5, 0.6) is 10.9 Å². The molecule has 2 aromatic rings. The number of ether oxygens (including phenoxy) is 1. The SMILES string of the molecule is Cc1nc(Oc2cccc(F)c2C(=O)O)sc1C. The van der Waals surface area contributed by atoms with Gasteiger partial charge in [-0.2, -0.15) is 0 Å². The highest BCUT2D eigenvalue weighted by Crippen LogP contribution is 2.31. The van der Waals surface area contributed by atoms with Crippen LogP contribution < -0.4 is 4.74 Å². The molecule has 0 aliphatic carbocycles. The van der Waals surface area contributed by atoms with Gasteiger partial charge in [0.25, 0.3) is 5.19 Å². The second-order valence-corrected chi connectivity index (χ2v) is 4.81. The zero-order valence-corrected chi connectivity index (χ0v) is 10.5. The van der Waals surface area contributed by atoms with E-state index < -0.39 is 17.3 Å². The van der Waals surface area contributed by atoms with Crippen molar-refractivity contribution >= 4 is 17.3 Å². The lowest BCUT2D eigenvalue weighted by molar-refractivity contribution is 0.0689. The summed E-state index contributed by atoms with van der Waals surface area (Å²) in [6.45, 7) is 3.70. The molecule has 1 N–H and O–H groups in total. The van der Waals surface area contributed by atoms with Gasteiger partial charge < -0.3 is 9.84 Å². The van der Waals surface area contributed by atoms with Gasteiger partial charge in [0, 0.05) is 4.88 Å². The molecule has 0 atom stereocenters. The Labute approximate surface area is 107 Å². The zero-order valence-electron chi connectivity index (χ0n) is 9.73. The number of carbonyl (C=O) groups is 1. The first-order valence-corrected chi connectivity index (χ1v) is 5.94. The van der Waals surface area contributed by atoms with Crippen molar-refractivity contribution < 1.29 is 19.0 Å². The number of carboxylic acids is 1. The van der Waals surface area contributed by atoms with Gasteiger partial charge >= 0.3 is 5.97 Å². The molecule has 1 heterocycles. The molecule has 2 rings (SSSR count). The van der Waals surface area contributed by atoms with Crippen LogP contribution in [0.25, 0.3) is 0 Å². The van der Waals surface area contributed by atoms with E-state index in [2.05, 4.69) is 4.98 Å². The monoisotopic (exact) mass is 267 g/mol. The first-order chi connectivity index (χ1) is 8.49. The minimum absolute atomic E-state index is 0.0451. The molecule has 0 aliphatic rings. The average molecular weight is 267 g/mol. The number of hydrogen-bond acceptors (Lipinski definition) is 4. The summed E-state index contributed by atoms with van der Waals surface area (Å²) in [5, 5.41) is 9.25. The van der Waals surface area contributed by atoms with Gasteiger partial charge in [0.15, 0.2) is 0 Å².